The minimum Gasteiger partial charge on any atom is -0.381 e. The molecule has 2 fully saturated rings. The van der Waals surface area contributed by atoms with Gasteiger partial charge in [0.05, 0.1) is 24.9 Å². The smallest absolute Gasteiger partial charge is 0.324 e. The van der Waals surface area contributed by atoms with Crippen molar-refractivity contribution in [2.75, 3.05) is 31.7 Å². The highest BCUT2D eigenvalue weighted by molar-refractivity contribution is 5.94. The van der Waals surface area contributed by atoms with Gasteiger partial charge in [0.1, 0.15) is 0 Å². The number of nitrogens with zero attached hydrogens (tertiary/aromatic N) is 2. The summed E-state index contributed by atoms with van der Waals surface area (Å²) < 4.78 is 11.5. The van der Waals surface area contributed by atoms with E-state index in [2.05, 4.69) is 12.1 Å². The quantitative estimate of drug-likeness (QED) is 0.799. The molecule has 1 aromatic carbocycles. The summed E-state index contributed by atoms with van der Waals surface area (Å²) in [5.74, 6) is 0. The minimum absolute atomic E-state index is 0.130. The fraction of sp³-hybridized carbons (Fsp3) is 0.611. The summed E-state index contributed by atoms with van der Waals surface area (Å²) in [7, 11) is 1.76. The molecule has 124 valence electrons. The van der Waals surface area contributed by atoms with Gasteiger partial charge in [0.2, 0.25) is 0 Å². The molecule has 4 rings (SSSR count). The minimum atomic E-state index is 0.130. The molecule has 3 atom stereocenters. The van der Waals surface area contributed by atoms with Crippen LogP contribution in [-0.2, 0) is 15.9 Å². The third-order valence-corrected chi connectivity index (χ3v) is 5.47. The van der Waals surface area contributed by atoms with Gasteiger partial charge in [-0.1, -0.05) is 18.2 Å². The molecule has 1 saturated heterocycles. The van der Waals surface area contributed by atoms with Crippen molar-refractivity contribution in [1.29, 1.82) is 0 Å². The molecule has 0 bridgehead atoms. The topological polar surface area (TPSA) is 42.0 Å². The Hall–Kier alpha value is -1.59. The Balaban J connectivity index is 1.55. The lowest BCUT2D eigenvalue weighted by Gasteiger charge is -2.46. The molecule has 23 heavy (non-hydrogen) atoms. The van der Waals surface area contributed by atoms with E-state index in [1.54, 1.807) is 7.11 Å². The second kappa shape index (κ2) is 6.13. The second-order valence-electron chi connectivity index (χ2n) is 6.65. The molecular weight excluding hydrogens is 292 g/mol. The van der Waals surface area contributed by atoms with E-state index in [4.69, 9.17) is 9.47 Å². The second-order valence-corrected chi connectivity index (χ2v) is 6.65. The van der Waals surface area contributed by atoms with Gasteiger partial charge in [-0.15, -0.1) is 0 Å². The predicted octanol–water partition coefficient (Wildman–Crippen LogP) is 2.44. The highest BCUT2D eigenvalue weighted by atomic mass is 16.5. The molecule has 0 spiro atoms. The molecule has 3 aliphatic rings. The number of fused-ring (bicyclic) bond motifs is 2. The summed E-state index contributed by atoms with van der Waals surface area (Å²) in [5, 5.41) is 0. The van der Waals surface area contributed by atoms with Crippen molar-refractivity contribution in [1.82, 2.24) is 4.90 Å². The zero-order valence-electron chi connectivity index (χ0n) is 13.6. The maximum atomic E-state index is 13.2. The van der Waals surface area contributed by atoms with Crippen LogP contribution in [0.4, 0.5) is 10.5 Å². The van der Waals surface area contributed by atoms with E-state index in [-0.39, 0.29) is 24.3 Å². The first-order chi connectivity index (χ1) is 11.3. The van der Waals surface area contributed by atoms with Crippen LogP contribution in [-0.4, -0.2) is 56.0 Å². The number of para-hydroxylation sites is 1. The molecule has 0 unspecified atom stereocenters. The van der Waals surface area contributed by atoms with Gasteiger partial charge < -0.3 is 14.4 Å². The molecule has 0 N–H and O–H groups in total. The summed E-state index contributed by atoms with van der Waals surface area (Å²) in [4.78, 5) is 17.1. The van der Waals surface area contributed by atoms with Crippen LogP contribution in [0.2, 0.25) is 0 Å². The maximum absolute atomic E-state index is 13.2. The first kappa shape index (κ1) is 15.0. The van der Waals surface area contributed by atoms with E-state index in [9.17, 15) is 4.79 Å². The standard InChI is InChI=1S/C18H24N2O3/c1-22-14-6-7-17-16(12-14)20(10-11-23-17)18(21)19-9-8-13-4-2-3-5-15(13)19/h2-5,14,16-17H,6-12H2,1H3/t14-,16-,17+/m1/s1. The van der Waals surface area contributed by atoms with Gasteiger partial charge in [-0.05, 0) is 37.3 Å². The van der Waals surface area contributed by atoms with Crippen LogP contribution < -0.4 is 4.90 Å². The number of carbonyl (C=O) groups is 1. The zero-order chi connectivity index (χ0) is 15.8. The monoisotopic (exact) mass is 316 g/mol. The number of amides is 2. The largest absolute Gasteiger partial charge is 0.381 e. The van der Waals surface area contributed by atoms with Crippen LogP contribution >= 0.6 is 0 Å². The van der Waals surface area contributed by atoms with Crippen molar-refractivity contribution < 1.29 is 14.3 Å². The van der Waals surface area contributed by atoms with Gasteiger partial charge in [0, 0.05) is 25.9 Å². The van der Waals surface area contributed by atoms with Crippen molar-refractivity contribution in [2.45, 2.75) is 43.9 Å². The number of methoxy groups -OCH3 is 1. The Morgan fingerprint density at radius 3 is 3.00 bits per heavy atom. The SMILES string of the molecule is CO[C@@H]1CC[C@@H]2OCCN(C(=O)N3CCc4ccccc43)[C@@H]2C1. The van der Waals surface area contributed by atoms with Gasteiger partial charge in [0.15, 0.2) is 0 Å². The van der Waals surface area contributed by atoms with E-state index >= 15 is 0 Å². The van der Waals surface area contributed by atoms with Crippen LogP contribution in [0.1, 0.15) is 24.8 Å². The zero-order valence-corrected chi connectivity index (χ0v) is 13.6. The van der Waals surface area contributed by atoms with Crippen molar-refractivity contribution in [2.24, 2.45) is 0 Å². The number of morpholine rings is 1. The fourth-order valence-electron chi connectivity index (χ4n) is 4.22. The van der Waals surface area contributed by atoms with Gasteiger partial charge in [-0.2, -0.15) is 0 Å². The van der Waals surface area contributed by atoms with Crippen LogP contribution in [0.3, 0.4) is 0 Å². The average molecular weight is 316 g/mol. The molecule has 1 aliphatic carbocycles. The molecule has 2 amide bonds. The molecule has 1 saturated carbocycles. The molecule has 0 aromatic heterocycles. The number of rotatable bonds is 1. The summed E-state index contributed by atoms with van der Waals surface area (Å²) in [6.45, 7) is 2.09. The number of hydrogen-bond donors (Lipinski definition) is 0. The Morgan fingerprint density at radius 2 is 2.13 bits per heavy atom. The molecule has 2 aliphatic heterocycles. The summed E-state index contributed by atoms with van der Waals surface area (Å²) in [5.41, 5.74) is 2.34. The van der Waals surface area contributed by atoms with Gasteiger partial charge >= 0.3 is 6.03 Å². The molecule has 5 nitrogen and oxygen atoms in total. The van der Waals surface area contributed by atoms with Gasteiger partial charge in [-0.3, -0.25) is 4.90 Å². The van der Waals surface area contributed by atoms with E-state index in [0.29, 0.717) is 13.2 Å². The lowest BCUT2D eigenvalue weighted by Crippen LogP contribution is -2.59. The molecular formula is C18H24N2O3. The van der Waals surface area contributed by atoms with Crippen molar-refractivity contribution in [3.63, 3.8) is 0 Å². The third-order valence-electron chi connectivity index (χ3n) is 5.47. The Kier molecular flexibility index (Phi) is 3.99. The summed E-state index contributed by atoms with van der Waals surface area (Å²) in [6, 6.07) is 8.49. The Bertz CT molecular complexity index is 591. The Morgan fingerprint density at radius 1 is 1.26 bits per heavy atom. The molecule has 5 heteroatoms. The van der Waals surface area contributed by atoms with Crippen molar-refractivity contribution in [3.8, 4) is 0 Å². The molecule has 0 radical (unpaired) electrons. The van der Waals surface area contributed by atoms with Crippen LogP contribution in [0.5, 0.6) is 0 Å². The number of anilines is 1. The van der Waals surface area contributed by atoms with Crippen molar-refractivity contribution in [3.05, 3.63) is 29.8 Å². The lowest BCUT2D eigenvalue weighted by molar-refractivity contribution is -0.0976. The average Bonchev–Trinajstić information content (AvgIpc) is 3.04. The van der Waals surface area contributed by atoms with E-state index in [1.807, 2.05) is 21.9 Å². The number of hydrogen-bond acceptors (Lipinski definition) is 3. The first-order valence-electron chi connectivity index (χ1n) is 8.58. The van der Waals surface area contributed by atoms with Crippen molar-refractivity contribution >= 4 is 11.7 Å². The maximum Gasteiger partial charge on any atom is 0.324 e. The van der Waals surface area contributed by atoms with Crippen LogP contribution in [0.15, 0.2) is 24.3 Å². The van der Waals surface area contributed by atoms with Crippen LogP contribution in [0, 0.1) is 0 Å². The van der Waals surface area contributed by atoms with Crippen LogP contribution in [0.25, 0.3) is 0 Å². The van der Waals surface area contributed by atoms with Gasteiger partial charge in [-0.25, -0.2) is 4.79 Å². The summed E-state index contributed by atoms with van der Waals surface area (Å²) in [6.07, 6.45) is 4.22. The first-order valence-corrected chi connectivity index (χ1v) is 8.58. The molecule has 2 heterocycles. The molecule has 1 aromatic rings. The third kappa shape index (κ3) is 2.62. The van der Waals surface area contributed by atoms with E-state index < -0.39 is 0 Å². The number of urea groups is 1. The van der Waals surface area contributed by atoms with E-state index in [0.717, 1.165) is 37.9 Å². The Labute approximate surface area is 137 Å². The van der Waals surface area contributed by atoms with E-state index in [1.165, 1.54) is 5.56 Å². The normalized spacial score (nSPS) is 30.0. The number of benzene rings is 1. The fourth-order valence-corrected chi connectivity index (χ4v) is 4.22. The summed E-state index contributed by atoms with van der Waals surface area (Å²) >= 11 is 0. The predicted molar refractivity (Wildman–Crippen MR) is 87.8 cm³/mol. The van der Waals surface area contributed by atoms with Gasteiger partial charge in [0.25, 0.3) is 0 Å². The number of ether oxygens (including phenoxy) is 2. The number of carbonyl (C=O) groups excluding carboxylic acids is 1. The lowest BCUT2D eigenvalue weighted by atomic mass is 9.88. The highest BCUT2D eigenvalue weighted by Crippen LogP contribution is 2.33. The highest BCUT2D eigenvalue weighted by Gasteiger charge is 2.42.